The minimum Gasteiger partial charge on any atom is -0.493 e. The summed E-state index contributed by atoms with van der Waals surface area (Å²) in [6.45, 7) is 13.6. The summed E-state index contributed by atoms with van der Waals surface area (Å²) in [7, 11) is 0. The van der Waals surface area contributed by atoms with Crippen molar-refractivity contribution < 1.29 is 19.1 Å². The molecule has 0 atom stereocenters. The summed E-state index contributed by atoms with van der Waals surface area (Å²) < 4.78 is 12.3. The van der Waals surface area contributed by atoms with Crippen LogP contribution in [0.3, 0.4) is 0 Å². The normalized spacial score (nSPS) is 17.2. The Labute approximate surface area is 189 Å². The van der Waals surface area contributed by atoms with Gasteiger partial charge in [-0.2, -0.15) is 0 Å². The highest BCUT2D eigenvalue weighted by atomic mass is 16.5. The molecule has 0 radical (unpaired) electrons. The molecule has 1 aliphatic carbocycles. The number of para-hydroxylation sites is 1. The molecule has 1 N–H and O–H groups in total. The molecule has 1 aromatic heterocycles. The SMILES string of the molecule is CCOc1cc2c(cc1-c1cccc3cc(/C(C)=C\C(=O)O)oc13)C(C)(C)CCC2(C)C. The van der Waals surface area contributed by atoms with Gasteiger partial charge >= 0.3 is 5.97 Å². The predicted molar refractivity (Wildman–Crippen MR) is 129 cm³/mol. The molecule has 0 amide bonds. The summed E-state index contributed by atoms with van der Waals surface area (Å²) in [5.74, 6) is 0.439. The van der Waals surface area contributed by atoms with E-state index in [0.717, 1.165) is 40.7 Å². The zero-order valence-electron chi connectivity index (χ0n) is 19.8. The average molecular weight is 433 g/mol. The quantitative estimate of drug-likeness (QED) is 0.429. The number of carboxylic acid groups (broad SMARTS) is 1. The van der Waals surface area contributed by atoms with Crippen molar-refractivity contribution in [2.75, 3.05) is 6.61 Å². The number of ether oxygens (including phenoxy) is 1. The lowest BCUT2D eigenvalue weighted by Gasteiger charge is -2.42. The second-order valence-electron chi connectivity index (χ2n) is 10.1. The molecule has 1 aliphatic rings. The van der Waals surface area contributed by atoms with Gasteiger partial charge in [-0.15, -0.1) is 0 Å². The second-order valence-corrected chi connectivity index (χ2v) is 10.1. The number of hydrogen-bond donors (Lipinski definition) is 1. The van der Waals surface area contributed by atoms with Crippen molar-refractivity contribution in [1.82, 2.24) is 0 Å². The lowest BCUT2D eigenvalue weighted by Crippen LogP contribution is -2.33. The van der Waals surface area contributed by atoms with E-state index in [9.17, 15) is 4.79 Å². The molecule has 2 aromatic carbocycles. The fourth-order valence-corrected chi connectivity index (χ4v) is 4.81. The first-order valence-corrected chi connectivity index (χ1v) is 11.3. The van der Waals surface area contributed by atoms with Crippen LogP contribution in [-0.4, -0.2) is 17.7 Å². The minimum absolute atomic E-state index is 0.0768. The summed E-state index contributed by atoms with van der Waals surface area (Å²) in [5, 5.41) is 10.1. The number of hydrogen-bond acceptors (Lipinski definition) is 3. The van der Waals surface area contributed by atoms with E-state index in [1.165, 1.54) is 17.2 Å². The van der Waals surface area contributed by atoms with Gasteiger partial charge in [0, 0.05) is 22.6 Å². The van der Waals surface area contributed by atoms with Crippen LogP contribution in [0.15, 0.2) is 46.9 Å². The van der Waals surface area contributed by atoms with Crippen molar-refractivity contribution in [2.45, 2.75) is 65.2 Å². The van der Waals surface area contributed by atoms with Crippen molar-refractivity contribution in [3.05, 3.63) is 59.4 Å². The number of aliphatic carboxylic acids is 1. The molecule has 3 aromatic rings. The van der Waals surface area contributed by atoms with Crippen LogP contribution < -0.4 is 4.74 Å². The van der Waals surface area contributed by atoms with E-state index in [-0.39, 0.29) is 10.8 Å². The maximum atomic E-state index is 11.1. The highest BCUT2D eigenvalue weighted by molar-refractivity contribution is 5.97. The Kier molecular flexibility index (Phi) is 5.44. The van der Waals surface area contributed by atoms with Gasteiger partial charge in [-0.25, -0.2) is 4.79 Å². The molecule has 0 bridgehead atoms. The third kappa shape index (κ3) is 3.83. The molecule has 0 saturated carbocycles. The zero-order valence-corrected chi connectivity index (χ0v) is 19.8. The molecule has 4 rings (SSSR count). The number of carboxylic acids is 1. The molecule has 32 heavy (non-hydrogen) atoms. The Morgan fingerprint density at radius 1 is 1.06 bits per heavy atom. The van der Waals surface area contributed by atoms with E-state index in [1.54, 1.807) is 6.92 Å². The van der Waals surface area contributed by atoms with Gasteiger partial charge in [-0.1, -0.05) is 45.9 Å². The number of rotatable bonds is 5. The van der Waals surface area contributed by atoms with Crippen LogP contribution in [0.5, 0.6) is 5.75 Å². The summed E-state index contributed by atoms with van der Waals surface area (Å²) in [4.78, 5) is 11.1. The smallest absolute Gasteiger partial charge is 0.328 e. The van der Waals surface area contributed by atoms with Crippen molar-refractivity contribution in [3.63, 3.8) is 0 Å². The van der Waals surface area contributed by atoms with Crippen LogP contribution in [0.25, 0.3) is 27.7 Å². The van der Waals surface area contributed by atoms with E-state index >= 15 is 0 Å². The maximum Gasteiger partial charge on any atom is 0.328 e. The number of benzene rings is 2. The average Bonchev–Trinajstić information content (AvgIpc) is 3.16. The molecule has 168 valence electrons. The Morgan fingerprint density at radius 3 is 2.34 bits per heavy atom. The van der Waals surface area contributed by atoms with Gasteiger partial charge in [0.1, 0.15) is 17.1 Å². The van der Waals surface area contributed by atoms with Gasteiger partial charge in [-0.3, -0.25) is 0 Å². The highest BCUT2D eigenvalue weighted by Crippen LogP contribution is 2.50. The van der Waals surface area contributed by atoms with E-state index in [4.69, 9.17) is 14.3 Å². The van der Waals surface area contributed by atoms with Gasteiger partial charge in [0.2, 0.25) is 0 Å². The Hall–Kier alpha value is -3.01. The third-order valence-electron chi connectivity index (χ3n) is 6.82. The van der Waals surface area contributed by atoms with Crippen LogP contribution in [0.4, 0.5) is 0 Å². The predicted octanol–water partition coefficient (Wildman–Crippen LogP) is 7.34. The second kappa shape index (κ2) is 7.84. The summed E-state index contributed by atoms with van der Waals surface area (Å²) in [5.41, 5.74) is 6.19. The molecular weight excluding hydrogens is 400 g/mol. The van der Waals surface area contributed by atoms with E-state index < -0.39 is 5.97 Å². The molecular formula is C28H32O4. The van der Waals surface area contributed by atoms with Crippen molar-refractivity contribution >= 4 is 22.5 Å². The molecule has 4 heteroatoms. The molecule has 0 spiro atoms. The summed E-state index contributed by atoms with van der Waals surface area (Å²) >= 11 is 0. The first-order valence-electron chi connectivity index (χ1n) is 11.3. The largest absolute Gasteiger partial charge is 0.493 e. The Balaban J connectivity index is 1.97. The van der Waals surface area contributed by atoms with Gasteiger partial charge in [0.05, 0.1) is 6.61 Å². The van der Waals surface area contributed by atoms with Crippen molar-refractivity contribution in [1.29, 1.82) is 0 Å². The van der Waals surface area contributed by atoms with E-state index in [1.807, 2.05) is 25.1 Å². The van der Waals surface area contributed by atoms with Gasteiger partial charge < -0.3 is 14.3 Å². The molecule has 1 heterocycles. The number of carbonyl (C=O) groups is 1. The van der Waals surface area contributed by atoms with Crippen molar-refractivity contribution in [3.8, 4) is 16.9 Å². The molecule has 0 unspecified atom stereocenters. The maximum absolute atomic E-state index is 11.1. The van der Waals surface area contributed by atoms with E-state index in [0.29, 0.717) is 17.9 Å². The fraction of sp³-hybridized carbons (Fsp3) is 0.393. The molecule has 4 nitrogen and oxygen atoms in total. The molecule has 0 saturated heterocycles. The lowest BCUT2D eigenvalue weighted by atomic mass is 9.62. The zero-order chi connectivity index (χ0) is 23.3. The van der Waals surface area contributed by atoms with Gasteiger partial charge in [-0.05, 0) is 72.4 Å². The van der Waals surface area contributed by atoms with E-state index in [2.05, 4.69) is 45.9 Å². The van der Waals surface area contributed by atoms with Crippen LogP contribution >= 0.6 is 0 Å². The molecule has 0 aliphatic heterocycles. The third-order valence-corrected chi connectivity index (χ3v) is 6.82. The first kappa shape index (κ1) is 22.2. The summed E-state index contributed by atoms with van der Waals surface area (Å²) in [6, 6.07) is 12.5. The first-order chi connectivity index (χ1) is 15.0. The van der Waals surface area contributed by atoms with Crippen LogP contribution in [0.1, 0.15) is 71.3 Å². The lowest BCUT2D eigenvalue weighted by molar-refractivity contribution is -0.131. The van der Waals surface area contributed by atoms with Gasteiger partial charge in [0.25, 0.3) is 0 Å². The van der Waals surface area contributed by atoms with Crippen molar-refractivity contribution in [2.24, 2.45) is 0 Å². The minimum atomic E-state index is -0.985. The fourth-order valence-electron chi connectivity index (χ4n) is 4.81. The Morgan fingerprint density at radius 2 is 1.72 bits per heavy atom. The topological polar surface area (TPSA) is 59.7 Å². The number of fused-ring (bicyclic) bond motifs is 2. The molecule has 0 fully saturated rings. The highest BCUT2D eigenvalue weighted by Gasteiger charge is 2.38. The monoisotopic (exact) mass is 432 g/mol. The summed E-state index contributed by atoms with van der Waals surface area (Å²) in [6.07, 6.45) is 3.45. The number of furan rings is 1. The standard InChI is InChI=1S/C28H32O4/c1-7-31-24-16-22-21(27(3,4)11-12-28(22,5)6)15-20(24)19-10-8-9-18-14-23(32-26(18)19)17(2)13-25(29)30/h8-10,13-16H,7,11-12H2,1-6H3,(H,29,30)/b17-13-. The number of allylic oxidation sites excluding steroid dienone is 1. The van der Waals surface area contributed by atoms with Crippen LogP contribution in [0, 0.1) is 0 Å². The van der Waals surface area contributed by atoms with Crippen LogP contribution in [0.2, 0.25) is 0 Å². The van der Waals surface area contributed by atoms with Gasteiger partial charge in [0.15, 0.2) is 0 Å². The van der Waals surface area contributed by atoms with Crippen LogP contribution in [-0.2, 0) is 15.6 Å². The Bertz CT molecular complexity index is 1220.